The minimum atomic E-state index is 0.842. The van der Waals surface area contributed by atoms with Gasteiger partial charge in [0.15, 0.2) is 0 Å². The maximum Gasteiger partial charge on any atom is 0.0941 e. The summed E-state index contributed by atoms with van der Waals surface area (Å²) in [6, 6.07) is 6.14. The summed E-state index contributed by atoms with van der Waals surface area (Å²) in [6.45, 7) is 0. The summed E-state index contributed by atoms with van der Waals surface area (Å²) in [5.74, 6) is 0. The van der Waals surface area contributed by atoms with Gasteiger partial charge < -0.3 is 0 Å². The Morgan fingerprint density at radius 3 is 2.83 bits per heavy atom. The number of hydrogen-bond donors (Lipinski definition) is 0. The van der Waals surface area contributed by atoms with Crippen LogP contribution in [0.15, 0.2) is 22.7 Å². The summed E-state index contributed by atoms with van der Waals surface area (Å²) < 4.78 is 4.44. The lowest BCUT2D eigenvalue weighted by atomic mass is 10.3. The molecule has 12 heavy (non-hydrogen) atoms. The monoisotopic (exact) mass is 372 g/mol. The predicted molar refractivity (Wildman–Crippen MR) is 67.3 cm³/mol. The van der Waals surface area contributed by atoms with E-state index in [9.17, 15) is 0 Å². The molecule has 0 saturated heterocycles. The molecule has 1 aromatic heterocycles. The van der Waals surface area contributed by atoms with Gasteiger partial charge in [-0.05, 0) is 56.7 Å². The Morgan fingerprint density at radius 2 is 2.17 bits per heavy atom. The van der Waals surface area contributed by atoms with E-state index in [2.05, 4.69) is 50.7 Å². The van der Waals surface area contributed by atoms with Gasteiger partial charge in [0.1, 0.15) is 0 Å². The fraction of sp³-hybridized carbons (Fsp3) is 0. The minimum absolute atomic E-state index is 0.842. The number of halogens is 3. The third-order valence-electron chi connectivity index (χ3n) is 1.55. The largest absolute Gasteiger partial charge is 0.122 e. The molecule has 1 aromatic carbocycles. The van der Waals surface area contributed by atoms with Crippen molar-refractivity contribution in [3.8, 4) is 0 Å². The van der Waals surface area contributed by atoms with Crippen molar-refractivity contribution < 1.29 is 0 Å². The lowest BCUT2D eigenvalue weighted by Gasteiger charge is -1.94. The van der Waals surface area contributed by atoms with E-state index in [-0.39, 0.29) is 0 Å². The van der Waals surface area contributed by atoms with Crippen molar-refractivity contribution in [2.75, 3.05) is 0 Å². The van der Waals surface area contributed by atoms with E-state index in [0.717, 1.165) is 8.81 Å². The highest BCUT2D eigenvalue weighted by Crippen LogP contribution is 2.36. The van der Waals surface area contributed by atoms with Crippen molar-refractivity contribution in [1.82, 2.24) is 0 Å². The number of fused-ring (bicyclic) bond motifs is 1. The van der Waals surface area contributed by atoms with Crippen molar-refractivity contribution in [2.45, 2.75) is 0 Å². The van der Waals surface area contributed by atoms with Crippen LogP contribution in [-0.2, 0) is 0 Å². The zero-order valence-electron chi connectivity index (χ0n) is 5.77. The van der Waals surface area contributed by atoms with Gasteiger partial charge >= 0.3 is 0 Å². The Labute approximate surface area is 101 Å². The van der Waals surface area contributed by atoms with Crippen LogP contribution in [0.2, 0.25) is 4.34 Å². The minimum Gasteiger partial charge on any atom is -0.122 e. The van der Waals surface area contributed by atoms with Crippen LogP contribution in [0.5, 0.6) is 0 Å². The van der Waals surface area contributed by atoms with Gasteiger partial charge in [0.2, 0.25) is 0 Å². The maximum absolute atomic E-state index is 5.92. The molecule has 0 aliphatic carbocycles. The molecule has 1 heterocycles. The van der Waals surface area contributed by atoms with Crippen LogP contribution >= 0.6 is 61.5 Å². The van der Waals surface area contributed by atoms with Crippen molar-refractivity contribution in [2.24, 2.45) is 0 Å². The van der Waals surface area contributed by atoms with E-state index < -0.39 is 0 Å². The van der Waals surface area contributed by atoms with E-state index in [1.165, 1.54) is 13.7 Å². The summed E-state index contributed by atoms with van der Waals surface area (Å²) in [6.07, 6.45) is 0. The first-order valence-corrected chi connectivity index (χ1v) is 6.28. The van der Waals surface area contributed by atoms with Crippen molar-refractivity contribution in [3.05, 3.63) is 30.6 Å². The lowest BCUT2D eigenvalue weighted by molar-refractivity contribution is 1.74. The molecule has 0 nitrogen and oxygen atoms in total. The fourth-order valence-corrected chi connectivity index (χ4v) is 3.56. The van der Waals surface area contributed by atoms with Crippen LogP contribution in [0.3, 0.4) is 0 Å². The predicted octanol–water partition coefficient (Wildman–Crippen LogP) is 4.92. The summed E-state index contributed by atoms with van der Waals surface area (Å²) in [7, 11) is 0. The molecule has 0 unspecified atom stereocenters. The molecular weight excluding hydrogens is 370 g/mol. The quantitative estimate of drug-likeness (QED) is 0.575. The van der Waals surface area contributed by atoms with Gasteiger partial charge in [0, 0.05) is 13.4 Å². The first-order chi connectivity index (χ1) is 5.68. The molecule has 0 amide bonds. The standard InChI is InChI=1S/C8H3BrClIS/c9-5-1-2-6(11)4-3-7(10)12-8(4)5/h1-3H. The highest BCUT2D eigenvalue weighted by Gasteiger charge is 2.05. The molecule has 2 aromatic rings. The Balaban J connectivity index is 2.93. The van der Waals surface area contributed by atoms with E-state index >= 15 is 0 Å². The topological polar surface area (TPSA) is 0 Å². The second-order valence-electron chi connectivity index (χ2n) is 2.32. The number of rotatable bonds is 0. The smallest absolute Gasteiger partial charge is 0.0941 e. The van der Waals surface area contributed by atoms with E-state index in [1.54, 1.807) is 11.3 Å². The molecule has 62 valence electrons. The van der Waals surface area contributed by atoms with Gasteiger partial charge in [-0.2, -0.15) is 0 Å². The van der Waals surface area contributed by atoms with Crippen LogP contribution in [-0.4, -0.2) is 0 Å². The molecule has 0 saturated carbocycles. The molecule has 0 N–H and O–H groups in total. The van der Waals surface area contributed by atoms with Crippen LogP contribution in [0.25, 0.3) is 10.1 Å². The SMILES string of the molecule is Clc1cc2c(I)ccc(Br)c2s1. The van der Waals surface area contributed by atoms with Crippen LogP contribution in [0.4, 0.5) is 0 Å². The molecule has 0 bridgehead atoms. The van der Waals surface area contributed by atoms with E-state index in [1.807, 2.05) is 6.07 Å². The third kappa shape index (κ3) is 1.52. The second-order valence-corrected chi connectivity index (χ2v) is 6.02. The first kappa shape index (κ1) is 9.24. The normalized spacial score (nSPS) is 10.9. The zero-order chi connectivity index (χ0) is 8.72. The molecular formula is C8H3BrClIS. The van der Waals surface area contributed by atoms with Crippen LogP contribution < -0.4 is 0 Å². The van der Waals surface area contributed by atoms with Gasteiger partial charge in [-0.1, -0.05) is 11.6 Å². The molecule has 0 aliphatic rings. The zero-order valence-corrected chi connectivity index (χ0v) is 11.1. The van der Waals surface area contributed by atoms with Gasteiger partial charge in [-0.25, -0.2) is 0 Å². The average Bonchev–Trinajstić information content (AvgIpc) is 2.41. The molecule has 0 radical (unpaired) electrons. The Bertz CT molecular complexity index is 399. The Morgan fingerprint density at radius 1 is 1.42 bits per heavy atom. The van der Waals surface area contributed by atoms with Gasteiger partial charge in [-0.15, -0.1) is 11.3 Å². The van der Waals surface area contributed by atoms with Gasteiger partial charge in [0.25, 0.3) is 0 Å². The summed E-state index contributed by atoms with van der Waals surface area (Å²) in [5, 5.41) is 1.24. The number of benzene rings is 1. The molecule has 0 atom stereocenters. The van der Waals surface area contributed by atoms with Crippen molar-refractivity contribution >= 4 is 71.5 Å². The van der Waals surface area contributed by atoms with Crippen LogP contribution in [0, 0.1) is 3.57 Å². The summed E-state index contributed by atoms with van der Waals surface area (Å²) in [4.78, 5) is 0. The summed E-state index contributed by atoms with van der Waals surface area (Å²) in [5.41, 5.74) is 0. The maximum atomic E-state index is 5.92. The highest BCUT2D eigenvalue weighted by atomic mass is 127. The highest BCUT2D eigenvalue weighted by molar-refractivity contribution is 14.1. The Hall–Kier alpha value is 0.680. The average molecular weight is 373 g/mol. The van der Waals surface area contributed by atoms with E-state index in [4.69, 9.17) is 11.6 Å². The van der Waals surface area contributed by atoms with Gasteiger partial charge in [0.05, 0.1) is 9.04 Å². The number of hydrogen-bond acceptors (Lipinski definition) is 1. The molecule has 4 heteroatoms. The summed E-state index contributed by atoms with van der Waals surface area (Å²) >= 11 is 13.3. The van der Waals surface area contributed by atoms with Crippen molar-refractivity contribution in [1.29, 1.82) is 0 Å². The van der Waals surface area contributed by atoms with E-state index in [0.29, 0.717) is 0 Å². The van der Waals surface area contributed by atoms with Crippen LogP contribution in [0.1, 0.15) is 0 Å². The molecule has 0 spiro atoms. The lowest BCUT2D eigenvalue weighted by Crippen LogP contribution is -1.71. The fourth-order valence-electron chi connectivity index (χ4n) is 1.03. The van der Waals surface area contributed by atoms with Crippen molar-refractivity contribution in [3.63, 3.8) is 0 Å². The number of thiophene rings is 1. The first-order valence-electron chi connectivity index (χ1n) is 3.21. The third-order valence-corrected chi connectivity index (χ3v) is 4.71. The molecule has 0 aliphatic heterocycles. The second kappa shape index (κ2) is 3.44. The molecule has 0 fully saturated rings. The Kier molecular flexibility index (Phi) is 2.65. The molecule has 2 rings (SSSR count). The van der Waals surface area contributed by atoms with Gasteiger partial charge in [-0.3, -0.25) is 0 Å².